The maximum absolute atomic E-state index is 4.48. The Labute approximate surface area is 104 Å². The van der Waals surface area contributed by atoms with Crippen molar-refractivity contribution in [1.82, 2.24) is 15.3 Å². The van der Waals surface area contributed by atoms with Gasteiger partial charge in [-0.2, -0.15) is 0 Å². The second-order valence-corrected chi connectivity index (χ2v) is 5.65. The Bertz CT molecular complexity index is 348. The van der Waals surface area contributed by atoms with Gasteiger partial charge in [-0.05, 0) is 30.7 Å². The molecule has 1 aliphatic rings. The van der Waals surface area contributed by atoms with Crippen LogP contribution in [-0.2, 0) is 0 Å². The van der Waals surface area contributed by atoms with Crippen LogP contribution < -0.4 is 5.32 Å². The van der Waals surface area contributed by atoms with E-state index in [-0.39, 0.29) is 0 Å². The van der Waals surface area contributed by atoms with Crippen molar-refractivity contribution in [2.24, 2.45) is 11.3 Å². The Kier molecular flexibility index (Phi) is 3.77. The Morgan fingerprint density at radius 1 is 1.47 bits per heavy atom. The van der Waals surface area contributed by atoms with Crippen molar-refractivity contribution >= 4 is 0 Å². The van der Waals surface area contributed by atoms with E-state index in [0.717, 1.165) is 12.2 Å². The van der Waals surface area contributed by atoms with Crippen molar-refractivity contribution in [3.05, 3.63) is 24.3 Å². The molecule has 0 spiro atoms. The average molecular weight is 233 g/mol. The zero-order valence-electron chi connectivity index (χ0n) is 11.1. The second-order valence-electron chi connectivity index (χ2n) is 5.65. The van der Waals surface area contributed by atoms with Gasteiger partial charge in [0.05, 0.1) is 11.7 Å². The molecule has 2 rings (SSSR count). The molecule has 0 radical (unpaired) electrons. The molecule has 1 aromatic heterocycles. The summed E-state index contributed by atoms with van der Waals surface area (Å²) in [5.74, 6) is 0.666. The van der Waals surface area contributed by atoms with Gasteiger partial charge in [-0.15, -0.1) is 0 Å². The summed E-state index contributed by atoms with van der Waals surface area (Å²) in [7, 11) is 0. The molecular formula is C14H23N3. The molecule has 2 atom stereocenters. The fraction of sp³-hybridized carbons (Fsp3) is 0.714. The highest BCUT2D eigenvalue weighted by molar-refractivity contribution is 5.07. The van der Waals surface area contributed by atoms with Crippen molar-refractivity contribution in [1.29, 1.82) is 0 Å². The van der Waals surface area contributed by atoms with E-state index in [2.05, 4.69) is 36.1 Å². The van der Waals surface area contributed by atoms with E-state index in [0.29, 0.717) is 17.4 Å². The summed E-state index contributed by atoms with van der Waals surface area (Å²) in [5.41, 5.74) is 1.50. The van der Waals surface area contributed by atoms with E-state index in [4.69, 9.17) is 0 Å². The van der Waals surface area contributed by atoms with Crippen LogP contribution in [0.15, 0.2) is 18.6 Å². The van der Waals surface area contributed by atoms with Crippen molar-refractivity contribution in [3.8, 4) is 0 Å². The molecule has 0 aromatic carbocycles. The predicted octanol–water partition coefficient (Wildman–Crippen LogP) is 2.95. The molecule has 1 aliphatic carbocycles. The van der Waals surface area contributed by atoms with Gasteiger partial charge in [0.1, 0.15) is 0 Å². The van der Waals surface area contributed by atoms with Gasteiger partial charge in [-0.3, -0.25) is 9.97 Å². The lowest BCUT2D eigenvalue weighted by Crippen LogP contribution is -2.34. The maximum atomic E-state index is 4.48. The quantitative estimate of drug-likeness (QED) is 0.869. The van der Waals surface area contributed by atoms with Crippen molar-refractivity contribution < 1.29 is 0 Å². The van der Waals surface area contributed by atoms with E-state index >= 15 is 0 Å². The third-order valence-electron chi connectivity index (χ3n) is 4.07. The monoisotopic (exact) mass is 233 g/mol. The fourth-order valence-corrected chi connectivity index (χ4v) is 3.12. The van der Waals surface area contributed by atoms with Crippen LogP contribution in [0.3, 0.4) is 0 Å². The number of aromatic nitrogens is 2. The van der Waals surface area contributed by atoms with Gasteiger partial charge in [0.25, 0.3) is 0 Å². The van der Waals surface area contributed by atoms with Gasteiger partial charge in [-0.25, -0.2) is 0 Å². The highest BCUT2D eigenvalue weighted by atomic mass is 15.0. The molecule has 1 aromatic rings. The first-order valence-corrected chi connectivity index (χ1v) is 6.64. The van der Waals surface area contributed by atoms with Crippen LogP contribution in [-0.4, -0.2) is 16.5 Å². The van der Waals surface area contributed by atoms with Crippen LogP contribution in [0.2, 0.25) is 0 Å². The minimum Gasteiger partial charge on any atom is -0.309 e. The van der Waals surface area contributed by atoms with Gasteiger partial charge in [0.15, 0.2) is 0 Å². The highest BCUT2D eigenvalue weighted by Crippen LogP contribution is 2.48. The molecular weight excluding hydrogens is 210 g/mol. The van der Waals surface area contributed by atoms with E-state index in [1.54, 1.807) is 12.4 Å². The fourth-order valence-electron chi connectivity index (χ4n) is 3.12. The Hall–Kier alpha value is -0.960. The first-order valence-electron chi connectivity index (χ1n) is 6.64. The number of hydrogen-bond donors (Lipinski definition) is 1. The minimum atomic E-state index is 0.353. The maximum Gasteiger partial charge on any atom is 0.0759 e. The summed E-state index contributed by atoms with van der Waals surface area (Å²) in [5, 5.41) is 3.59. The van der Waals surface area contributed by atoms with Gasteiger partial charge >= 0.3 is 0 Å². The standard InChI is InChI=1S/C14H23N3/c1-4-16-13(12-10-15-8-9-17-12)11-6-5-7-14(11,2)3/h8-11,13,16H,4-7H2,1-3H3. The van der Waals surface area contributed by atoms with Crippen molar-refractivity contribution in [2.75, 3.05) is 6.54 Å². The molecule has 17 heavy (non-hydrogen) atoms. The van der Waals surface area contributed by atoms with E-state index < -0.39 is 0 Å². The molecule has 0 bridgehead atoms. The van der Waals surface area contributed by atoms with Gasteiger partial charge in [0, 0.05) is 18.6 Å². The average Bonchev–Trinajstić information content (AvgIpc) is 2.67. The molecule has 0 amide bonds. The first-order chi connectivity index (χ1) is 8.15. The highest BCUT2D eigenvalue weighted by Gasteiger charge is 2.40. The minimum absolute atomic E-state index is 0.353. The number of rotatable bonds is 4. The molecule has 94 valence electrons. The summed E-state index contributed by atoms with van der Waals surface area (Å²) in [6.45, 7) is 7.90. The number of nitrogens with one attached hydrogen (secondary N) is 1. The smallest absolute Gasteiger partial charge is 0.0759 e. The van der Waals surface area contributed by atoms with Crippen LogP contribution in [0.25, 0.3) is 0 Å². The molecule has 3 nitrogen and oxygen atoms in total. The number of hydrogen-bond acceptors (Lipinski definition) is 3. The Morgan fingerprint density at radius 3 is 2.82 bits per heavy atom. The molecule has 2 unspecified atom stereocenters. The third-order valence-corrected chi connectivity index (χ3v) is 4.07. The van der Waals surface area contributed by atoms with Gasteiger partial charge in [0.2, 0.25) is 0 Å². The molecule has 1 saturated carbocycles. The SMILES string of the molecule is CCNC(c1cnccn1)C1CCCC1(C)C. The van der Waals surface area contributed by atoms with E-state index in [1.807, 2.05) is 6.20 Å². The largest absolute Gasteiger partial charge is 0.309 e. The zero-order valence-corrected chi connectivity index (χ0v) is 11.1. The summed E-state index contributed by atoms with van der Waals surface area (Å²) < 4.78 is 0. The van der Waals surface area contributed by atoms with Crippen LogP contribution >= 0.6 is 0 Å². The molecule has 0 aliphatic heterocycles. The lowest BCUT2D eigenvalue weighted by Gasteiger charge is -2.34. The lowest BCUT2D eigenvalue weighted by atomic mass is 9.76. The lowest BCUT2D eigenvalue weighted by molar-refractivity contribution is 0.196. The van der Waals surface area contributed by atoms with E-state index in [9.17, 15) is 0 Å². The third kappa shape index (κ3) is 2.65. The molecule has 1 N–H and O–H groups in total. The summed E-state index contributed by atoms with van der Waals surface area (Å²) in [4.78, 5) is 8.69. The van der Waals surface area contributed by atoms with Crippen molar-refractivity contribution in [2.45, 2.75) is 46.1 Å². The molecule has 1 heterocycles. The topological polar surface area (TPSA) is 37.8 Å². The Balaban J connectivity index is 2.23. The molecule has 1 fully saturated rings. The predicted molar refractivity (Wildman–Crippen MR) is 69.6 cm³/mol. The van der Waals surface area contributed by atoms with Crippen molar-refractivity contribution in [3.63, 3.8) is 0 Å². The van der Waals surface area contributed by atoms with E-state index in [1.165, 1.54) is 19.3 Å². The Morgan fingerprint density at radius 2 is 2.29 bits per heavy atom. The molecule has 0 saturated heterocycles. The van der Waals surface area contributed by atoms with Crippen LogP contribution in [0, 0.1) is 11.3 Å². The molecule has 3 heteroatoms. The van der Waals surface area contributed by atoms with Crippen LogP contribution in [0.5, 0.6) is 0 Å². The summed E-state index contributed by atoms with van der Waals surface area (Å²) in [6, 6.07) is 0.353. The normalized spacial score (nSPS) is 24.8. The van der Waals surface area contributed by atoms with Gasteiger partial charge < -0.3 is 5.32 Å². The second kappa shape index (κ2) is 5.13. The van der Waals surface area contributed by atoms with Crippen LogP contribution in [0.4, 0.5) is 0 Å². The number of nitrogens with zero attached hydrogens (tertiary/aromatic N) is 2. The summed E-state index contributed by atoms with van der Waals surface area (Å²) in [6.07, 6.45) is 9.39. The summed E-state index contributed by atoms with van der Waals surface area (Å²) >= 11 is 0. The van der Waals surface area contributed by atoms with Gasteiger partial charge in [-0.1, -0.05) is 27.2 Å². The first kappa shape index (κ1) is 12.5. The zero-order chi connectivity index (χ0) is 12.3. The van der Waals surface area contributed by atoms with Crippen LogP contribution in [0.1, 0.15) is 51.8 Å².